The van der Waals surface area contributed by atoms with Crippen LogP contribution < -0.4 is 26.2 Å². The molecule has 0 bridgehead atoms. The first-order chi connectivity index (χ1) is 69.3. The Morgan fingerprint density at radius 2 is 0.584 bits per heavy atom. The van der Waals surface area contributed by atoms with Gasteiger partial charge in [0.1, 0.15) is 0 Å². The second kappa shape index (κ2) is 29.6. The third-order valence-electron chi connectivity index (χ3n) is 24.7. The molecule has 17 aromatic carbocycles. The van der Waals surface area contributed by atoms with Crippen LogP contribution in [0.15, 0.2) is 388 Å². The summed E-state index contributed by atoms with van der Waals surface area (Å²) in [5, 5.41) is 0.236. The van der Waals surface area contributed by atoms with Crippen molar-refractivity contribution in [1.82, 2.24) is 9.13 Å². The number of hydrogen-bond donors (Lipinski definition) is 0. The van der Waals surface area contributed by atoms with Crippen molar-refractivity contribution < 1.29 is 27.4 Å². The monoisotopic (exact) mass is 1750 g/mol. The molecule has 23 rings (SSSR count). The third kappa shape index (κ3) is 12.8. The number of fused-ring (bicyclic) bond motifs is 14. The maximum absolute atomic E-state index is 12.2. The second-order valence-electron chi connectivity index (χ2n) is 35.5. The Hall–Kier alpha value is -13.5. The summed E-state index contributed by atoms with van der Waals surface area (Å²) in [5.41, 5.74) is 11.8. The normalized spacial score (nSPS) is 15.0. The van der Waals surface area contributed by atoms with E-state index in [1.165, 1.54) is 9.13 Å². The average molecular weight is 1750 g/mol. The first-order valence-corrected chi connectivity index (χ1v) is 45.6. The molecule has 125 heavy (non-hydrogen) atoms. The fourth-order valence-electron chi connectivity index (χ4n) is 18.4. The molecule has 2 aliphatic rings. The van der Waals surface area contributed by atoms with Gasteiger partial charge in [0, 0.05) is 0 Å². The zero-order chi connectivity index (χ0) is 102. The zero-order valence-corrected chi connectivity index (χ0v) is 73.5. The molecule has 0 radical (unpaired) electrons. The van der Waals surface area contributed by atoms with Gasteiger partial charge in [-0.15, -0.1) is 0 Å². The van der Waals surface area contributed by atoms with Crippen LogP contribution in [0.25, 0.3) is 161 Å². The van der Waals surface area contributed by atoms with E-state index in [1.807, 2.05) is 228 Å². The molecule has 7 heteroatoms. The zero-order valence-electron chi connectivity index (χ0n) is 90.1. The van der Waals surface area contributed by atoms with Crippen molar-refractivity contribution in [2.24, 2.45) is 0 Å². The van der Waals surface area contributed by atoms with E-state index in [1.54, 1.807) is 12.1 Å². The first kappa shape index (κ1) is 57.8. The fraction of sp³-hybridized carbons (Fsp3) is 0.102. The van der Waals surface area contributed by atoms with E-state index in [-0.39, 0.29) is 133 Å². The van der Waals surface area contributed by atoms with Crippen molar-refractivity contribution in [3.8, 4) is 100 Å². The molecule has 0 saturated carbocycles. The molecule has 0 amide bonds. The maximum atomic E-state index is 12.2. The van der Waals surface area contributed by atoms with E-state index in [0.29, 0.717) is 75.7 Å². The summed E-state index contributed by atoms with van der Waals surface area (Å²) in [6, 6.07) is 77.2. The predicted molar refractivity (Wildman–Crippen MR) is 538 cm³/mol. The van der Waals surface area contributed by atoms with Crippen LogP contribution in [-0.2, 0) is 16.2 Å². The molecular formula is C118H91BN4Se2. The minimum absolute atomic E-state index is 0.0346. The molecule has 2 aliphatic heterocycles. The Bertz CT molecular complexity index is 8550. The molecule has 21 aromatic rings. The number of hydrogen-bond acceptors (Lipinski definition) is 2. The minimum atomic E-state index is -1.57. The Labute approximate surface area is 771 Å². The van der Waals surface area contributed by atoms with Crippen LogP contribution in [0.4, 0.5) is 34.1 Å². The average Bonchev–Trinajstić information content (AvgIpc) is 1.60. The van der Waals surface area contributed by atoms with E-state index >= 15 is 0 Å². The SMILES string of the molecule is [2H]c1c([2H])c(-n2c3[se]c4c([2H])c(-c5cccc(-c6ccccc6)c5)c([2H])c([2H])c4c3c3c([2H])c([2H])c([2H])c([2H])c32)c([2H])c2c1B1c3c(cc(C(C)(C)C)cc3N(c3c(-c4ccccc4)cc(C(C)(C)C)cc3-c3ccccc3)c3c([2H])c(-n4c5[se]c6c([2H])c(-c7cccc(-c8ccccc8)c7)c([2H])c([2H])c6c5c5c([2H])c([2H])c([2H])c([2H])c54)c([2H])c([2H])c31)N2c1c(-c2ccccc2)cc(C(C)(C)C)cc1-c1ccccc1. The first-order valence-electron chi connectivity index (χ1n) is 52.2. The quantitative estimate of drug-likeness (QED) is 0.113. The number of benzene rings is 17. The summed E-state index contributed by atoms with van der Waals surface area (Å²) in [4.78, 5) is 4.04. The van der Waals surface area contributed by atoms with E-state index in [2.05, 4.69) is 98.7 Å². The topological polar surface area (TPSA) is 16.3 Å². The van der Waals surface area contributed by atoms with Gasteiger partial charge in [0.15, 0.2) is 0 Å². The van der Waals surface area contributed by atoms with Crippen molar-refractivity contribution in [1.29, 1.82) is 0 Å². The van der Waals surface area contributed by atoms with Gasteiger partial charge >= 0.3 is 777 Å². The van der Waals surface area contributed by atoms with Crippen molar-refractivity contribution in [3.63, 3.8) is 0 Å². The van der Waals surface area contributed by atoms with E-state index in [0.717, 1.165) is 55.6 Å². The summed E-state index contributed by atoms with van der Waals surface area (Å²) in [7, 11) is 0. The summed E-state index contributed by atoms with van der Waals surface area (Å²) >= 11 is -2.41. The molecule has 0 atom stereocenters. The number of rotatable bonds is 12. The Kier molecular flexibility index (Phi) is 13.7. The van der Waals surface area contributed by atoms with Gasteiger partial charge < -0.3 is 0 Å². The van der Waals surface area contributed by atoms with E-state index < -0.39 is 137 Å². The van der Waals surface area contributed by atoms with Crippen LogP contribution in [-0.4, -0.2) is 44.9 Å². The third-order valence-corrected chi connectivity index (χ3v) is 29.3. The van der Waals surface area contributed by atoms with Crippen molar-refractivity contribution in [3.05, 3.63) is 404 Å². The van der Waals surface area contributed by atoms with Gasteiger partial charge in [-0.05, 0) is 0 Å². The van der Waals surface area contributed by atoms with Crippen LogP contribution in [0.3, 0.4) is 0 Å². The van der Waals surface area contributed by atoms with Crippen LogP contribution in [0.2, 0.25) is 0 Å². The molecule has 0 fully saturated rings. The molecule has 4 aromatic heterocycles. The van der Waals surface area contributed by atoms with Gasteiger partial charge in [0.05, 0.1) is 0 Å². The Morgan fingerprint density at radius 1 is 0.272 bits per heavy atom. The van der Waals surface area contributed by atoms with Crippen molar-refractivity contribution in [2.45, 2.75) is 78.6 Å². The van der Waals surface area contributed by atoms with Gasteiger partial charge in [0.25, 0.3) is 0 Å². The molecular weight excluding hydrogens is 1640 g/mol. The van der Waals surface area contributed by atoms with E-state index in [9.17, 15) is 27.4 Å². The van der Waals surface area contributed by atoms with Gasteiger partial charge in [-0.25, -0.2) is 0 Å². The predicted octanol–water partition coefficient (Wildman–Crippen LogP) is 29.6. The van der Waals surface area contributed by atoms with Crippen molar-refractivity contribution in [2.75, 3.05) is 9.80 Å². The summed E-state index contributed by atoms with van der Waals surface area (Å²) in [6.45, 7) is 17.6. The molecule has 0 spiro atoms. The summed E-state index contributed by atoms with van der Waals surface area (Å²) < 4.78 is 217. The second-order valence-corrected chi connectivity index (χ2v) is 39.7. The Balaban J connectivity index is 0.924. The number of aromatic nitrogens is 2. The van der Waals surface area contributed by atoms with Crippen LogP contribution in [0, 0.1) is 0 Å². The Morgan fingerprint density at radius 3 is 0.928 bits per heavy atom. The molecule has 598 valence electrons. The van der Waals surface area contributed by atoms with Crippen LogP contribution >= 0.6 is 0 Å². The van der Waals surface area contributed by atoms with Gasteiger partial charge in [-0.1, -0.05) is 0 Å². The van der Waals surface area contributed by atoms with E-state index in [4.69, 9.17) is 0 Å². The van der Waals surface area contributed by atoms with Crippen LogP contribution in [0.5, 0.6) is 0 Å². The van der Waals surface area contributed by atoms with Gasteiger partial charge in [-0.2, -0.15) is 0 Å². The fourth-order valence-corrected chi connectivity index (χ4v) is 23.3. The number of nitrogens with zero attached hydrogens (tertiary/aromatic N) is 4. The molecule has 0 saturated heterocycles. The standard InChI is InChI=1S/C118H91BN4Se2/c1-116(2,3)86-66-95(76-38-20-12-21-39-76)112(96(67-86)77-40-22-13-23-41-77)122-103-72-89(120-101-52-30-28-50-91(101)109-93-58-54-84(64-107(93)124-114(109)120)82-48-32-46-80(62-82)74-34-16-10-17-35-74)56-60-99(103)119-100-61-57-90(121-102-53-31-29-51-92(102)110-94-59-55-85(65-108(94)125-115(110)121)83-49-33-47-81(63-83)75-36-18-11-19-37-75)73-104(100)123(106-71-88(118(7,8)9)70-105(122)111(106)119)113-97(78-42-24-14-25-43-78)68-87(117(4,5)6)69-98(113)79-44-26-15-27-45-79/h10-73H,1-9H3/i28D,29D,30D,31D,50D,51D,52D,53D,54D,55D,56D,57D,58D,59D,60D,61D,64D,65D,72D,73D. The van der Waals surface area contributed by atoms with Crippen LogP contribution in [0.1, 0.15) is 106 Å². The number of anilines is 6. The molecule has 4 nitrogen and oxygen atoms in total. The number of para-hydroxylation sites is 2. The molecule has 0 N–H and O–H groups in total. The van der Waals surface area contributed by atoms with Crippen molar-refractivity contribution >= 4 is 147 Å². The molecule has 6 heterocycles. The molecule has 0 unspecified atom stereocenters. The molecule has 0 aliphatic carbocycles. The summed E-state index contributed by atoms with van der Waals surface area (Å²) in [6.07, 6.45) is 0. The van der Waals surface area contributed by atoms with Gasteiger partial charge in [-0.3, -0.25) is 0 Å². The van der Waals surface area contributed by atoms with Gasteiger partial charge in [0.2, 0.25) is 0 Å². The summed E-state index contributed by atoms with van der Waals surface area (Å²) in [5.74, 6) is 0.